The monoisotopic (exact) mass is 595 g/mol. The normalized spacial score (nSPS) is 13.0. The summed E-state index contributed by atoms with van der Waals surface area (Å²) in [6.45, 7) is 3.85. The largest absolute Gasteiger partial charge is 0.463 e. The van der Waals surface area contributed by atoms with Gasteiger partial charge in [0.1, 0.15) is 18.5 Å². The Kier molecular flexibility index (Phi) is 31.8. The topological polar surface area (TPSA) is 83.8 Å². The molecule has 5 heteroatoms. The molecule has 0 amide bonds. The zero-order valence-corrected chi connectivity index (χ0v) is 27.9. The minimum atomic E-state index is -1.07. The summed E-state index contributed by atoms with van der Waals surface area (Å²) in [6.07, 6.45) is 34.9. The molecule has 0 aromatic carbocycles. The van der Waals surface area contributed by atoms with Gasteiger partial charge in [-0.25, -0.2) is 0 Å². The lowest BCUT2D eigenvalue weighted by Gasteiger charge is -2.16. The van der Waals surface area contributed by atoms with Gasteiger partial charge in [-0.1, -0.05) is 148 Å². The van der Waals surface area contributed by atoms with Crippen molar-refractivity contribution < 1.29 is 24.5 Å². The van der Waals surface area contributed by atoms with Gasteiger partial charge < -0.3 is 14.9 Å². The molecule has 0 aliphatic carbocycles. The maximum absolute atomic E-state index is 13.0. The molecule has 0 heterocycles. The van der Waals surface area contributed by atoms with Crippen LogP contribution in [0.5, 0.6) is 0 Å². The number of hydrogen-bond acceptors (Lipinski definition) is 5. The van der Waals surface area contributed by atoms with E-state index in [4.69, 9.17) is 9.84 Å². The first-order valence-corrected chi connectivity index (χ1v) is 18.2. The second-order valence-corrected chi connectivity index (χ2v) is 12.5. The molecule has 0 radical (unpaired) electrons. The highest BCUT2D eigenvalue weighted by Gasteiger charge is 2.22. The second kappa shape index (κ2) is 32.7. The van der Waals surface area contributed by atoms with E-state index >= 15 is 0 Å². The number of aliphatic hydroxyl groups excluding tert-OH is 2. The van der Waals surface area contributed by atoms with Crippen molar-refractivity contribution in [1.82, 2.24) is 0 Å². The van der Waals surface area contributed by atoms with Gasteiger partial charge in [0, 0.05) is 12.3 Å². The Bertz CT molecular complexity index is 617. The second-order valence-electron chi connectivity index (χ2n) is 12.5. The summed E-state index contributed by atoms with van der Waals surface area (Å²) in [7, 11) is 0. The van der Waals surface area contributed by atoms with Crippen molar-refractivity contribution in [3.05, 3.63) is 12.2 Å². The van der Waals surface area contributed by atoms with Gasteiger partial charge in [0.2, 0.25) is 0 Å². The van der Waals surface area contributed by atoms with Crippen LogP contribution < -0.4 is 0 Å². The molecule has 0 bridgehead atoms. The van der Waals surface area contributed by atoms with E-state index in [1.54, 1.807) is 0 Å². The van der Waals surface area contributed by atoms with Crippen LogP contribution in [0, 0.1) is 5.92 Å². The summed E-state index contributed by atoms with van der Waals surface area (Å²) >= 11 is 0. The molecule has 5 nitrogen and oxygen atoms in total. The Labute approximate surface area is 260 Å². The molecule has 0 spiro atoms. The first-order valence-electron chi connectivity index (χ1n) is 18.2. The average molecular weight is 595 g/mol. The smallest absolute Gasteiger partial charge is 0.306 e. The Hall–Kier alpha value is -1.20. The molecule has 0 aromatic heterocycles. The van der Waals surface area contributed by atoms with Crippen LogP contribution in [-0.4, -0.2) is 41.3 Å². The fourth-order valence-electron chi connectivity index (χ4n) is 5.51. The summed E-state index contributed by atoms with van der Waals surface area (Å²) in [5, 5.41) is 18.4. The van der Waals surface area contributed by atoms with E-state index in [2.05, 4.69) is 26.0 Å². The number of carbonyl (C=O) groups excluding carboxylic acids is 2. The van der Waals surface area contributed by atoms with Crippen LogP contribution in [0.15, 0.2) is 12.2 Å². The van der Waals surface area contributed by atoms with Crippen molar-refractivity contribution >= 4 is 11.8 Å². The molecule has 0 fully saturated rings. The maximum atomic E-state index is 13.0. The van der Waals surface area contributed by atoms with Gasteiger partial charge in [-0.15, -0.1) is 0 Å². The summed E-state index contributed by atoms with van der Waals surface area (Å²) in [4.78, 5) is 25.3. The maximum Gasteiger partial charge on any atom is 0.306 e. The standard InChI is InChI=1S/C37H70O5/c1-3-5-7-9-11-13-15-17-19-21-23-25-27-29-34(31-37(41)42-33-35(39)32-38)36(40)30-28-26-24-22-20-18-16-14-12-10-8-6-4-2/h17,19,34-35,38-39H,3-16,18,20-33H2,1-2H3/b19-17-. The molecule has 2 atom stereocenters. The third-order valence-corrected chi connectivity index (χ3v) is 8.36. The zero-order chi connectivity index (χ0) is 30.9. The van der Waals surface area contributed by atoms with E-state index in [0.29, 0.717) is 6.42 Å². The lowest BCUT2D eigenvalue weighted by atomic mass is 9.90. The molecular formula is C37H70O5. The first kappa shape index (κ1) is 40.8. The number of allylic oxidation sites excluding steroid dienone is 2. The van der Waals surface area contributed by atoms with E-state index in [9.17, 15) is 14.7 Å². The molecule has 0 aromatic rings. The van der Waals surface area contributed by atoms with Crippen LogP contribution in [0.3, 0.4) is 0 Å². The predicted molar refractivity (Wildman–Crippen MR) is 178 cm³/mol. The van der Waals surface area contributed by atoms with Crippen molar-refractivity contribution in [3.8, 4) is 0 Å². The molecule has 0 aliphatic rings. The SMILES string of the molecule is CCCCCCCC/C=C\CCCCCC(CC(=O)OCC(O)CO)C(=O)CCCCCCCCCCCCCCC. The Balaban J connectivity index is 4.16. The third-order valence-electron chi connectivity index (χ3n) is 8.36. The molecule has 42 heavy (non-hydrogen) atoms. The summed E-state index contributed by atoms with van der Waals surface area (Å²) in [6, 6.07) is 0. The van der Waals surface area contributed by atoms with Gasteiger partial charge in [0.05, 0.1) is 13.0 Å². The predicted octanol–water partition coefficient (Wildman–Crippen LogP) is 10.2. The van der Waals surface area contributed by atoms with Crippen molar-refractivity contribution in [3.63, 3.8) is 0 Å². The highest BCUT2D eigenvalue weighted by atomic mass is 16.5. The number of ketones is 1. The number of esters is 1. The molecule has 2 N–H and O–H groups in total. The highest BCUT2D eigenvalue weighted by Crippen LogP contribution is 2.21. The number of unbranched alkanes of at least 4 members (excludes halogenated alkanes) is 21. The minimum Gasteiger partial charge on any atom is -0.463 e. The number of rotatable bonds is 33. The highest BCUT2D eigenvalue weighted by molar-refractivity contribution is 5.85. The van der Waals surface area contributed by atoms with E-state index in [1.165, 1.54) is 116 Å². The quantitative estimate of drug-likeness (QED) is 0.0449. The number of Topliss-reactive ketones (excluding diaryl/α,β-unsaturated/α-hetero) is 1. The Morgan fingerprint density at radius 1 is 0.619 bits per heavy atom. The molecule has 248 valence electrons. The fourth-order valence-corrected chi connectivity index (χ4v) is 5.51. The molecular weight excluding hydrogens is 524 g/mol. The van der Waals surface area contributed by atoms with E-state index in [0.717, 1.165) is 44.9 Å². The van der Waals surface area contributed by atoms with Gasteiger partial charge in [0.25, 0.3) is 0 Å². The third kappa shape index (κ3) is 28.9. The molecule has 0 saturated heterocycles. The average Bonchev–Trinajstić information content (AvgIpc) is 2.99. The summed E-state index contributed by atoms with van der Waals surface area (Å²) in [5.74, 6) is -0.579. The van der Waals surface area contributed by atoms with Gasteiger partial charge in [-0.05, 0) is 38.5 Å². The van der Waals surface area contributed by atoms with E-state index < -0.39 is 18.7 Å². The molecule has 0 saturated carbocycles. The van der Waals surface area contributed by atoms with Crippen LogP contribution in [0.2, 0.25) is 0 Å². The number of carbonyl (C=O) groups is 2. The molecule has 0 rings (SSSR count). The number of aliphatic hydroxyl groups is 2. The lowest BCUT2D eigenvalue weighted by Crippen LogP contribution is -2.25. The van der Waals surface area contributed by atoms with E-state index in [1.807, 2.05) is 0 Å². The van der Waals surface area contributed by atoms with Crippen molar-refractivity contribution in [2.75, 3.05) is 13.2 Å². The first-order chi connectivity index (χ1) is 20.5. The van der Waals surface area contributed by atoms with Crippen LogP contribution in [0.25, 0.3) is 0 Å². The zero-order valence-electron chi connectivity index (χ0n) is 27.9. The van der Waals surface area contributed by atoms with Crippen molar-refractivity contribution in [1.29, 1.82) is 0 Å². The fraction of sp³-hybridized carbons (Fsp3) is 0.892. The van der Waals surface area contributed by atoms with Crippen LogP contribution in [0.1, 0.15) is 187 Å². The number of hydrogen-bond donors (Lipinski definition) is 2. The Morgan fingerprint density at radius 3 is 1.52 bits per heavy atom. The summed E-state index contributed by atoms with van der Waals surface area (Å²) < 4.78 is 5.11. The van der Waals surface area contributed by atoms with Gasteiger partial charge in [-0.3, -0.25) is 9.59 Å². The molecule has 0 aliphatic heterocycles. The number of ether oxygens (including phenoxy) is 1. The summed E-state index contributed by atoms with van der Waals surface area (Å²) in [5.41, 5.74) is 0. The molecule has 2 unspecified atom stereocenters. The Morgan fingerprint density at radius 2 is 1.05 bits per heavy atom. The van der Waals surface area contributed by atoms with Crippen LogP contribution in [0.4, 0.5) is 0 Å². The van der Waals surface area contributed by atoms with Gasteiger partial charge in [-0.2, -0.15) is 0 Å². The van der Waals surface area contributed by atoms with Gasteiger partial charge >= 0.3 is 5.97 Å². The van der Waals surface area contributed by atoms with E-state index in [-0.39, 0.29) is 24.7 Å². The minimum absolute atomic E-state index is 0.0770. The van der Waals surface area contributed by atoms with Crippen molar-refractivity contribution in [2.45, 2.75) is 193 Å². The van der Waals surface area contributed by atoms with Gasteiger partial charge in [0.15, 0.2) is 0 Å². The van der Waals surface area contributed by atoms with Crippen LogP contribution >= 0.6 is 0 Å². The van der Waals surface area contributed by atoms with Crippen molar-refractivity contribution in [2.24, 2.45) is 5.92 Å². The lowest BCUT2D eigenvalue weighted by molar-refractivity contribution is -0.150. The van der Waals surface area contributed by atoms with Crippen LogP contribution in [-0.2, 0) is 14.3 Å².